The molecule has 1 aromatic heterocycles. The number of carboxylic acids is 1. The number of carbonyl (C=O) groups excluding carboxylic acids is 2. The van der Waals surface area contributed by atoms with Crippen LogP contribution in [0.5, 0.6) is 0 Å². The summed E-state index contributed by atoms with van der Waals surface area (Å²) in [6.45, 7) is 3.70. The number of aromatic carboxylic acids is 1. The molecular weight excluding hydrogens is 378 g/mol. The number of halogens is 1. The number of benzene rings is 1. The molecule has 1 heterocycles. The zero-order chi connectivity index (χ0) is 19.3. The van der Waals surface area contributed by atoms with Crippen molar-refractivity contribution in [1.82, 2.24) is 15.6 Å². The van der Waals surface area contributed by atoms with Crippen molar-refractivity contribution in [2.45, 2.75) is 26.4 Å². The van der Waals surface area contributed by atoms with Gasteiger partial charge in [-0.05, 0) is 18.1 Å². The summed E-state index contributed by atoms with van der Waals surface area (Å²) in [6.07, 6.45) is 0. The minimum absolute atomic E-state index is 0.0633. The fraction of sp³-hybridized carbons (Fsp3) is 0.294. The second-order valence-electron chi connectivity index (χ2n) is 5.82. The Labute approximate surface area is 159 Å². The predicted octanol–water partition coefficient (Wildman–Crippen LogP) is 2.57. The normalized spacial score (nSPS) is 11.8. The van der Waals surface area contributed by atoms with E-state index in [1.807, 2.05) is 13.8 Å². The number of nitrogens with zero attached hydrogens (tertiary/aromatic N) is 1. The molecule has 2 aromatic rings. The highest BCUT2D eigenvalue weighted by molar-refractivity contribution is 7.09. The molecule has 2 amide bonds. The Morgan fingerprint density at radius 1 is 1.27 bits per heavy atom. The Balaban J connectivity index is 2.01. The van der Waals surface area contributed by atoms with Gasteiger partial charge in [-0.15, -0.1) is 11.3 Å². The van der Waals surface area contributed by atoms with Crippen LogP contribution in [-0.2, 0) is 11.3 Å². The second-order valence-corrected chi connectivity index (χ2v) is 7.17. The maximum absolute atomic E-state index is 12.5. The number of rotatable bonds is 7. The minimum atomic E-state index is -1.12. The molecule has 26 heavy (non-hydrogen) atoms. The van der Waals surface area contributed by atoms with Crippen molar-refractivity contribution in [2.24, 2.45) is 5.92 Å². The van der Waals surface area contributed by atoms with E-state index >= 15 is 0 Å². The average Bonchev–Trinajstić information content (AvgIpc) is 3.07. The van der Waals surface area contributed by atoms with Gasteiger partial charge in [0.15, 0.2) is 5.69 Å². The van der Waals surface area contributed by atoms with Gasteiger partial charge in [0.25, 0.3) is 5.91 Å². The average molecular weight is 396 g/mol. The number of carboxylic acid groups (broad SMARTS) is 1. The van der Waals surface area contributed by atoms with Crippen LogP contribution in [0.1, 0.15) is 39.7 Å². The van der Waals surface area contributed by atoms with Gasteiger partial charge < -0.3 is 15.7 Å². The molecule has 2 rings (SSSR count). The lowest BCUT2D eigenvalue weighted by atomic mass is 10.0. The van der Waals surface area contributed by atoms with Crippen LogP contribution in [-0.4, -0.2) is 33.9 Å². The zero-order valence-corrected chi connectivity index (χ0v) is 15.7. The summed E-state index contributed by atoms with van der Waals surface area (Å²) in [5, 5.41) is 16.4. The van der Waals surface area contributed by atoms with Gasteiger partial charge in [-0.2, -0.15) is 0 Å². The van der Waals surface area contributed by atoms with E-state index < -0.39 is 17.9 Å². The number of hydrogen-bond donors (Lipinski definition) is 3. The highest BCUT2D eigenvalue weighted by Gasteiger charge is 2.25. The minimum Gasteiger partial charge on any atom is -0.476 e. The molecule has 0 aliphatic carbocycles. The number of aromatic nitrogens is 1. The van der Waals surface area contributed by atoms with E-state index in [1.165, 1.54) is 5.38 Å². The lowest BCUT2D eigenvalue weighted by Gasteiger charge is -2.21. The van der Waals surface area contributed by atoms with Crippen molar-refractivity contribution in [3.63, 3.8) is 0 Å². The SMILES string of the molecule is CC(C)C(NC(=O)c1ccccc1Cl)C(=O)NCc1nc(C(=O)O)cs1. The highest BCUT2D eigenvalue weighted by Crippen LogP contribution is 2.16. The summed E-state index contributed by atoms with van der Waals surface area (Å²) >= 11 is 7.16. The number of carbonyl (C=O) groups is 3. The summed E-state index contributed by atoms with van der Waals surface area (Å²) in [5.41, 5.74) is 0.227. The quantitative estimate of drug-likeness (QED) is 0.667. The molecule has 9 heteroatoms. The van der Waals surface area contributed by atoms with Crippen molar-refractivity contribution in [1.29, 1.82) is 0 Å². The lowest BCUT2D eigenvalue weighted by Crippen LogP contribution is -2.49. The number of nitrogens with one attached hydrogen (secondary N) is 2. The summed E-state index contributed by atoms with van der Waals surface area (Å²) in [6, 6.07) is 5.82. The van der Waals surface area contributed by atoms with E-state index in [-0.39, 0.29) is 24.1 Å². The van der Waals surface area contributed by atoms with Crippen LogP contribution in [0, 0.1) is 5.92 Å². The maximum atomic E-state index is 12.5. The molecule has 0 aliphatic heterocycles. The molecule has 3 N–H and O–H groups in total. The topological polar surface area (TPSA) is 108 Å². The monoisotopic (exact) mass is 395 g/mol. The highest BCUT2D eigenvalue weighted by atomic mass is 35.5. The molecular formula is C17H18ClN3O4S. The Bertz CT molecular complexity index is 822. The number of hydrogen-bond acceptors (Lipinski definition) is 5. The largest absolute Gasteiger partial charge is 0.476 e. The molecule has 1 atom stereocenters. The Morgan fingerprint density at radius 3 is 2.54 bits per heavy atom. The van der Waals surface area contributed by atoms with Crippen LogP contribution >= 0.6 is 22.9 Å². The van der Waals surface area contributed by atoms with Gasteiger partial charge in [0, 0.05) is 5.38 Å². The molecule has 1 unspecified atom stereocenters. The summed E-state index contributed by atoms with van der Waals surface area (Å²) in [7, 11) is 0. The molecule has 0 bridgehead atoms. The molecule has 0 radical (unpaired) electrons. The fourth-order valence-corrected chi connectivity index (χ4v) is 3.09. The Morgan fingerprint density at radius 2 is 1.96 bits per heavy atom. The molecule has 0 aliphatic rings. The zero-order valence-electron chi connectivity index (χ0n) is 14.2. The van der Waals surface area contributed by atoms with Gasteiger partial charge in [0.1, 0.15) is 11.0 Å². The van der Waals surface area contributed by atoms with Crippen molar-refractivity contribution in [2.75, 3.05) is 0 Å². The first-order valence-corrected chi connectivity index (χ1v) is 9.06. The second kappa shape index (κ2) is 8.77. The third kappa shape index (κ3) is 5.03. The van der Waals surface area contributed by atoms with Gasteiger partial charge in [0.05, 0.1) is 17.1 Å². The standard InChI is InChI=1S/C17H18ClN3O4S/c1-9(2)14(21-15(22)10-5-3-4-6-11(10)18)16(23)19-7-13-20-12(8-26-13)17(24)25/h3-6,8-9,14H,7H2,1-2H3,(H,19,23)(H,21,22)(H,24,25). The third-order valence-corrected chi connectivity index (χ3v) is 4.72. The molecule has 0 spiro atoms. The molecule has 7 nitrogen and oxygen atoms in total. The molecule has 0 saturated heterocycles. The smallest absolute Gasteiger partial charge is 0.355 e. The Hall–Kier alpha value is -2.45. The van der Waals surface area contributed by atoms with Crippen molar-refractivity contribution in [3.05, 3.63) is 50.9 Å². The Kier molecular flexibility index (Phi) is 6.70. The van der Waals surface area contributed by atoms with Gasteiger partial charge in [0.2, 0.25) is 5.91 Å². The predicted molar refractivity (Wildman–Crippen MR) is 98.5 cm³/mol. The first-order valence-electron chi connectivity index (χ1n) is 7.80. The van der Waals surface area contributed by atoms with Crippen LogP contribution < -0.4 is 10.6 Å². The van der Waals surface area contributed by atoms with E-state index in [9.17, 15) is 14.4 Å². The van der Waals surface area contributed by atoms with Gasteiger partial charge >= 0.3 is 5.97 Å². The summed E-state index contributed by atoms with van der Waals surface area (Å²) < 4.78 is 0. The van der Waals surface area contributed by atoms with E-state index in [1.54, 1.807) is 24.3 Å². The van der Waals surface area contributed by atoms with E-state index in [4.69, 9.17) is 16.7 Å². The third-order valence-electron chi connectivity index (χ3n) is 3.54. The fourth-order valence-electron chi connectivity index (χ4n) is 2.16. The first-order chi connectivity index (χ1) is 12.3. The number of amides is 2. The van der Waals surface area contributed by atoms with Crippen LogP contribution in [0.25, 0.3) is 0 Å². The van der Waals surface area contributed by atoms with Crippen molar-refractivity contribution < 1.29 is 19.5 Å². The van der Waals surface area contributed by atoms with Gasteiger partial charge in [-0.3, -0.25) is 9.59 Å². The summed E-state index contributed by atoms with van der Waals surface area (Å²) in [5.74, 6) is -2.10. The van der Waals surface area contributed by atoms with Crippen molar-refractivity contribution in [3.8, 4) is 0 Å². The summed E-state index contributed by atoms with van der Waals surface area (Å²) in [4.78, 5) is 39.6. The van der Waals surface area contributed by atoms with Crippen LogP contribution in [0.4, 0.5) is 0 Å². The first kappa shape index (κ1) is 19.9. The van der Waals surface area contributed by atoms with Gasteiger partial charge in [-0.25, -0.2) is 9.78 Å². The number of thiazole rings is 1. The van der Waals surface area contributed by atoms with Crippen LogP contribution in [0.15, 0.2) is 29.6 Å². The van der Waals surface area contributed by atoms with Crippen LogP contribution in [0.3, 0.4) is 0 Å². The van der Waals surface area contributed by atoms with Crippen LogP contribution in [0.2, 0.25) is 5.02 Å². The molecule has 138 valence electrons. The maximum Gasteiger partial charge on any atom is 0.355 e. The van der Waals surface area contributed by atoms with E-state index in [0.29, 0.717) is 15.6 Å². The molecule has 0 fully saturated rings. The van der Waals surface area contributed by atoms with E-state index in [0.717, 1.165) is 11.3 Å². The van der Waals surface area contributed by atoms with Gasteiger partial charge in [-0.1, -0.05) is 37.6 Å². The van der Waals surface area contributed by atoms with Crippen molar-refractivity contribution >= 4 is 40.7 Å². The molecule has 1 aromatic carbocycles. The molecule has 0 saturated carbocycles. The lowest BCUT2D eigenvalue weighted by molar-refractivity contribution is -0.124. The van der Waals surface area contributed by atoms with E-state index in [2.05, 4.69) is 15.6 Å².